The van der Waals surface area contributed by atoms with Crippen LogP contribution in [0.15, 0.2) is 54.7 Å². The highest BCUT2D eigenvalue weighted by atomic mass is 16.3. The maximum Gasteiger partial charge on any atom is 0.209 e. The molecule has 0 spiro atoms. The van der Waals surface area contributed by atoms with Crippen LogP contribution in [0.5, 0.6) is 5.75 Å². The first kappa shape index (κ1) is 12.0. The Bertz CT molecular complexity index is 839. The van der Waals surface area contributed by atoms with Crippen LogP contribution in [0.1, 0.15) is 21.6 Å². The number of nitriles is 1. The molecule has 0 aliphatic rings. The zero-order chi connectivity index (χ0) is 14.1. The van der Waals surface area contributed by atoms with Crippen molar-refractivity contribution >= 4 is 11.3 Å². The molecule has 3 aromatic rings. The van der Waals surface area contributed by atoms with Crippen LogP contribution in [0.25, 0.3) is 5.52 Å². The topological polar surface area (TPSA) is 65.5 Å². The summed E-state index contributed by atoms with van der Waals surface area (Å²) in [5, 5.41) is 18.3. The second-order valence-electron chi connectivity index (χ2n) is 4.42. The highest BCUT2D eigenvalue weighted by Gasteiger charge is 2.13. The third-order valence-electron chi connectivity index (χ3n) is 3.14. The van der Waals surface area contributed by atoms with E-state index in [4.69, 9.17) is 5.26 Å². The molecule has 20 heavy (non-hydrogen) atoms. The van der Waals surface area contributed by atoms with E-state index in [1.165, 1.54) is 6.20 Å². The van der Waals surface area contributed by atoms with E-state index in [2.05, 4.69) is 0 Å². The van der Waals surface area contributed by atoms with Gasteiger partial charge >= 0.3 is 0 Å². The first-order chi connectivity index (χ1) is 9.69. The van der Waals surface area contributed by atoms with Gasteiger partial charge in [0.05, 0.1) is 23.5 Å². The van der Waals surface area contributed by atoms with Crippen LogP contribution in [-0.2, 0) is 0 Å². The van der Waals surface area contributed by atoms with Gasteiger partial charge in [0.15, 0.2) is 0 Å². The van der Waals surface area contributed by atoms with Gasteiger partial charge in [0.2, 0.25) is 5.78 Å². The predicted octanol–water partition coefficient (Wildman–Crippen LogP) is 2.75. The quantitative estimate of drug-likeness (QED) is 0.722. The van der Waals surface area contributed by atoms with Gasteiger partial charge in [-0.25, -0.2) is 0 Å². The Morgan fingerprint density at radius 3 is 2.45 bits per heavy atom. The number of rotatable bonds is 2. The normalized spacial score (nSPS) is 10.3. The second kappa shape index (κ2) is 4.56. The zero-order valence-electron chi connectivity index (χ0n) is 10.4. The van der Waals surface area contributed by atoms with Crippen LogP contribution >= 0.6 is 0 Å². The lowest BCUT2D eigenvalue weighted by Gasteiger charge is -2.03. The van der Waals surface area contributed by atoms with Crippen molar-refractivity contribution < 1.29 is 9.90 Å². The smallest absolute Gasteiger partial charge is 0.209 e. The number of carbonyl (C=O) groups is 1. The summed E-state index contributed by atoms with van der Waals surface area (Å²) in [5.74, 6) is -0.0531. The molecule has 0 bridgehead atoms. The molecule has 0 saturated carbocycles. The lowest BCUT2D eigenvalue weighted by molar-refractivity contribution is 0.103. The van der Waals surface area contributed by atoms with Gasteiger partial charge in [-0.3, -0.25) is 4.79 Å². The molecule has 0 aliphatic carbocycles. The molecule has 0 fully saturated rings. The van der Waals surface area contributed by atoms with Crippen molar-refractivity contribution in [2.75, 3.05) is 0 Å². The van der Waals surface area contributed by atoms with Crippen molar-refractivity contribution in [3.05, 3.63) is 71.5 Å². The minimum absolute atomic E-state index is 0.0996. The Balaban J connectivity index is 2.08. The van der Waals surface area contributed by atoms with Gasteiger partial charge < -0.3 is 9.51 Å². The van der Waals surface area contributed by atoms with Crippen LogP contribution in [0.4, 0.5) is 0 Å². The minimum Gasteiger partial charge on any atom is -0.506 e. The lowest BCUT2D eigenvalue weighted by Crippen LogP contribution is -2.05. The fraction of sp³-hybridized carbons (Fsp3) is 0. The SMILES string of the molecule is N#Cc1ccc(C(=O)c2ccc3ccc(O)cn23)cc1. The van der Waals surface area contributed by atoms with Crippen LogP contribution in [-0.4, -0.2) is 15.3 Å². The molecule has 4 nitrogen and oxygen atoms in total. The largest absolute Gasteiger partial charge is 0.506 e. The predicted molar refractivity (Wildman–Crippen MR) is 73.7 cm³/mol. The van der Waals surface area contributed by atoms with Gasteiger partial charge in [-0.1, -0.05) is 0 Å². The van der Waals surface area contributed by atoms with E-state index < -0.39 is 0 Å². The molecule has 2 aromatic heterocycles. The Labute approximate surface area is 115 Å². The number of carbonyl (C=O) groups excluding carboxylic acids is 1. The van der Waals surface area contributed by atoms with Crippen molar-refractivity contribution in [2.45, 2.75) is 0 Å². The molecule has 3 rings (SSSR count). The van der Waals surface area contributed by atoms with E-state index in [0.29, 0.717) is 16.8 Å². The van der Waals surface area contributed by atoms with E-state index in [9.17, 15) is 9.90 Å². The van der Waals surface area contributed by atoms with Crippen LogP contribution in [0.3, 0.4) is 0 Å². The maximum absolute atomic E-state index is 12.4. The lowest BCUT2D eigenvalue weighted by atomic mass is 10.1. The average Bonchev–Trinajstić information content (AvgIpc) is 2.89. The van der Waals surface area contributed by atoms with Crippen molar-refractivity contribution in [3.8, 4) is 11.8 Å². The van der Waals surface area contributed by atoms with Crippen molar-refractivity contribution in [3.63, 3.8) is 0 Å². The van der Waals surface area contributed by atoms with Crippen molar-refractivity contribution in [1.29, 1.82) is 5.26 Å². The summed E-state index contributed by atoms with van der Waals surface area (Å²) in [5.41, 5.74) is 2.33. The number of hydrogen-bond acceptors (Lipinski definition) is 3. The standard InChI is InChI=1S/C16H10N2O2/c17-9-11-1-3-12(4-2-11)16(20)15-8-6-13-5-7-14(19)10-18(13)15/h1-8,10,19H. The van der Waals surface area contributed by atoms with Crippen LogP contribution in [0, 0.1) is 11.3 Å². The summed E-state index contributed by atoms with van der Waals surface area (Å²) in [6.45, 7) is 0. The number of benzene rings is 1. The molecule has 1 aromatic carbocycles. The number of hydrogen-bond donors (Lipinski definition) is 1. The van der Waals surface area contributed by atoms with Crippen molar-refractivity contribution in [2.24, 2.45) is 0 Å². The second-order valence-corrected chi connectivity index (χ2v) is 4.42. The van der Waals surface area contributed by atoms with Crippen LogP contribution < -0.4 is 0 Å². The number of aromatic hydroxyl groups is 1. The van der Waals surface area contributed by atoms with E-state index in [1.54, 1.807) is 46.9 Å². The molecular weight excluding hydrogens is 252 g/mol. The first-order valence-corrected chi connectivity index (χ1v) is 6.04. The molecule has 0 saturated heterocycles. The third-order valence-corrected chi connectivity index (χ3v) is 3.14. The molecular formula is C16H10N2O2. The van der Waals surface area contributed by atoms with E-state index >= 15 is 0 Å². The summed E-state index contributed by atoms with van der Waals surface area (Å²) >= 11 is 0. The molecule has 0 radical (unpaired) electrons. The molecule has 0 amide bonds. The fourth-order valence-electron chi connectivity index (χ4n) is 2.12. The number of fused-ring (bicyclic) bond motifs is 1. The molecule has 1 N–H and O–H groups in total. The average molecular weight is 262 g/mol. The van der Waals surface area contributed by atoms with Gasteiger partial charge in [0, 0.05) is 11.1 Å². The zero-order valence-corrected chi connectivity index (χ0v) is 10.4. The molecule has 96 valence electrons. The number of nitrogens with zero attached hydrogens (tertiary/aromatic N) is 2. The minimum atomic E-state index is -0.153. The van der Waals surface area contributed by atoms with Gasteiger partial charge in [-0.15, -0.1) is 0 Å². The number of pyridine rings is 1. The summed E-state index contributed by atoms with van der Waals surface area (Å²) < 4.78 is 1.65. The van der Waals surface area contributed by atoms with Crippen LogP contribution in [0.2, 0.25) is 0 Å². The Morgan fingerprint density at radius 1 is 1.05 bits per heavy atom. The Morgan fingerprint density at radius 2 is 1.75 bits per heavy atom. The Hall–Kier alpha value is -3.06. The van der Waals surface area contributed by atoms with E-state index in [1.807, 2.05) is 12.1 Å². The molecule has 2 heterocycles. The van der Waals surface area contributed by atoms with Crippen molar-refractivity contribution in [1.82, 2.24) is 4.40 Å². The summed E-state index contributed by atoms with van der Waals surface area (Å²) in [4.78, 5) is 12.4. The molecule has 0 aliphatic heterocycles. The number of ketones is 1. The van der Waals surface area contributed by atoms with E-state index in [0.717, 1.165) is 5.52 Å². The monoisotopic (exact) mass is 262 g/mol. The fourth-order valence-corrected chi connectivity index (χ4v) is 2.12. The van der Waals surface area contributed by atoms with Gasteiger partial charge in [-0.2, -0.15) is 5.26 Å². The van der Waals surface area contributed by atoms with E-state index in [-0.39, 0.29) is 11.5 Å². The molecule has 4 heteroatoms. The highest BCUT2D eigenvalue weighted by molar-refractivity contribution is 6.08. The van der Waals surface area contributed by atoms with Gasteiger partial charge in [-0.05, 0) is 48.5 Å². The number of aromatic nitrogens is 1. The Kier molecular flexibility index (Phi) is 2.73. The highest BCUT2D eigenvalue weighted by Crippen LogP contribution is 2.18. The third kappa shape index (κ3) is 1.91. The van der Waals surface area contributed by atoms with Gasteiger partial charge in [0.1, 0.15) is 5.75 Å². The first-order valence-electron chi connectivity index (χ1n) is 6.04. The summed E-state index contributed by atoms with van der Waals surface area (Å²) in [6.07, 6.45) is 1.51. The summed E-state index contributed by atoms with van der Waals surface area (Å²) in [7, 11) is 0. The van der Waals surface area contributed by atoms with Gasteiger partial charge in [0.25, 0.3) is 0 Å². The summed E-state index contributed by atoms with van der Waals surface area (Å²) in [6, 6.07) is 15.3. The molecule has 0 atom stereocenters. The molecule has 0 unspecified atom stereocenters. The maximum atomic E-state index is 12.4.